The van der Waals surface area contributed by atoms with Gasteiger partial charge in [-0.2, -0.15) is 10.1 Å². The van der Waals surface area contributed by atoms with E-state index in [0.29, 0.717) is 24.1 Å². The molecule has 0 atom stereocenters. The van der Waals surface area contributed by atoms with Gasteiger partial charge in [-0.1, -0.05) is 49.7 Å². The van der Waals surface area contributed by atoms with E-state index in [1.54, 1.807) is 0 Å². The summed E-state index contributed by atoms with van der Waals surface area (Å²) in [5.74, 6) is -0.0237. The Morgan fingerprint density at radius 1 is 1.20 bits per heavy atom. The number of aromatic nitrogens is 5. The number of nitrogens with one attached hydrogen (secondary N) is 1. The Balaban J connectivity index is 1.33. The Kier molecular flexibility index (Phi) is 6.16. The number of carbonyl (C=O) groups excluding carboxylic acids is 1. The molecule has 0 bridgehead atoms. The molecule has 1 N–H and O–H groups in total. The van der Waals surface area contributed by atoms with Gasteiger partial charge < -0.3 is 19.5 Å². The maximum atomic E-state index is 12.5. The number of rotatable bonds is 5. The number of amides is 1. The number of fused-ring (bicyclic) bond motifs is 1. The molecule has 4 aromatic rings. The average molecular weight is 496 g/mol. The molecule has 1 aliphatic heterocycles. The van der Waals surface area contributed by atoms with Crippen LogP contribution in [-0.2, 0) is 16.7 Å². The van der Waals surface area contributed by atoms with Crippen LogP contribution in [-0.4, -0.2) is 56.9 Å². The van der Waals surface area contributed by atoms with Crippen LogP contribution < -0.4 is 10.2 Å². The molecule has 11 heteroatoms. The summed E-state index contributed by atoms with van der Waals surface area (Å²) in [5, 5.41) is 11.5. The molecule has 4 heterocycles. The van der Waals surface area contributed by atoms with Gasteiger partial charge in [0, 0.05) is 35.6 Å². The van der Waals surface area contributed by atoms with Crippen molar-refractivity contribution in [3.63, 3.8) is 0 Å². The highest BCUT2D eigenvalue weighted by atomic mass is 35.5. The molecule has 35 heavy (non-hydrogen) atoms. The number of nitrogens with zero attached hydrogens (tertiary/aromatic N) is 6. The predicted octanol–water partition coefficient (Wildman–Crippen LogP) is 3.50. The second-order valence-corrected chi connectivity index (χ2v) is 9.81. The third-order valence-electron chi connectivity index (χ3n) is 5.80. The minimum absolute atomic E-state index is 0.00431. The van der Waals surface area contributed by atoms with Crippen molar-refractivity contribution < 1.29 is 14.1 Å². The first kappa shape index (κ1) is 23.3. The number of ether oxygens (including phenoxy) is 1. The van der Waals surface area contributed by atoms with Gasteiger partial charge in [0.05, 0.1) is 36.3 Å². The SMILES string of the molecule is CC(C)(C)c1nc(C(=O)NCc2ccc(-c3ncnn4cc(N5CCOCC5)cc34)cc2Cl)no1. The van der Waals surface area contributed by atoms with Crippen LogP contribution in [0.2, 0.25) is 5.02 Å². The van der Waals surface area contributed by atoms with Crippen molar-refractivity contribution in [3.05, 3.63) is 59.1 Å². The van der Waals surface area contributed by atoms with Gasteiger partial charge in [0.1, 0.15) is 6.33 Å². The van der Waals surface area contributed by atoms with Crippen molar-refractivity contribution in [1.82, 2.24) is 30.1 Å². The van der Waals surface area contributed by atoms with Crippen LogP contribution >= 0.6 is 11.6 Å². The Hall–Kier alpha value is -3.50. The maximum Gasteiger partial charge on any atom is 0.292 e. The number of hydrogen-bond donors (Lipinski definition) is 1. The first-order valence-corrected chi connectivity index (χ1v) is 11.7. The Labute approximate surface area is 207 Å². The monoisotopic (exact) mass is 495 g/mol. The number of halogens is 1. The molecule has 3 aromatic heterocycles. The fourth-order valence-electron chi connectivity index (χ4n) is 3.85. The summed E-state index contributed by atoms with van der Waals surface area (Å²) in [5.41, 5.74) is 4.03. The van der Waals surface area contributed by atoms with E-state index in [1.807, 2.05) is 49.7 Å². The smallest absolute Gasteiger partial charge is 0.292 e. The van der Waals surface area contributed by atoms with E-state index in [0.717, 1.165) is 41.1 Å². The summed E-state index contributed by atoms with van der Waals surface area (Å²) in [7, 11) is 0. The first-order chi connectivity index (χ1) is 16.8. The van der Waals surface area contributed by atoms with Gasteiger partial charge >= 0.3 is 0 Å². The third kappa shape index (κ3) is 4.85. The van der Waals surface area contributed by atoms with Gasteiger partial charge in [0.2, 0.25) is 5.89 Å². The molecule has 10 nitrogen and oxygen atoms in total. The van der Waals surface area contributed by atoms with Crippen molar-refractivity contribution >= 4 is 28.7 Å². The van der Waals surface area contributed by atoms with Crippen LogP contribution in [0.5, 0.6) is 0 Å². The number of anilines is 1. The van der Waals surface area contributed by atoms with Gasteiger partial charge in [0.25, 0.3) is 11.7 Å². The maximum absolute atomic E-state index is 12.5. The highest BCUT2D eigenvalue weighted by molar-refractivity contribution is 6.31. The minimum Gasteiger partial charge on any atom is -0.378 e. The van der Waals surface area contributed by atoms with E-state index in [2.05, 4.69) is 36.5 Å². The molecule has 1 fully saturated rings. The molecule has 182 valence electrons. The normalized spacial score (nSPS) is 14.5. The standard InChI is InChI=1S/C24H26ClN7O3/c1-24(2,3)23-29-21(30-35-23)22(33)26-12-16-5-4-15(10-18(16)25)20-19-11-17(13-32(19)28-14-27-20)31-6-8-34-9-7-31/h4-5,10-11,13-14H,6-9,12H2,1-3H3,(H,26,33). The molecule has 0 unspecified atom stereocenters. The molecule has 1 aromatic carbocycles. The second kappa shape index (κ2) is 9.27. The topological polar surface area (TPSA) is 111 Å². The molecule has 1 aliphatic rings. The Bertz CT molecular complexity index is 1370. The van der Waals surface area contributed by atoms with Gasteiger partial charge in [0.15, 0.2) is 0 Å². The molecule has 1 saturated heterocycles. The largest absolute Gasteiger partial charge is 0.378 e. The van der Waals surface area contributed by atoms with Crippen molar-refractivity contribution in [2.45, 2.75) is 32.7 Å². The molecule has 0 radical (unpaired) electrons. The summed E-state index contributed by atoms with van der Waals surface area (Å²) in [4.78, 5) is 23.4. The third-order valence-corrected chi connectivity index (χ3v) is 6.16. The summed E-state index contributed by atoms with van der Waals surface area (Å²) in [6.45, 7) is 9.14. The fraction of sp³-hybridized carbons (Fsp3) is 0.375. The van der Waals surface area contributed by atoms with Crippen molar-refractivity contribution in [2.75, 3.05) is 31.2 Å². The molecular weight excluding hydrogens is 470 g/mol. The summed E-state index contributed by atoms with van der Waals surface area (Å²) in [6, 6.07) is 7.74. The van der Waals surface area contributed by atoms with E-state index < -0.39 is 5.91 Å². The van der Waals surface area contributed by atoms with Crippen LogP contribution in [0.15, 0.2) is 41.3 Å². The van der Waals surface area contributed by atoms with E-state index in [4.69, 9.17) is 20.9 Å². The van der Waals surface area contributed by atoms with Gasteiger partial charge in [-0.05, 0) is 17.7 Å². The highest BCUT2D eigenvalue weighted by Gasteiger charge is 2.24. The zero-order valence-corrected chi connectivity index (χ0v) is 20.5. The van der Waals surface area contributed by atoms with Crippen LogP contribution in [0.4, 0.5) is 5.69 Å². The minimum atomic E-state index is -0.425. The van der Waals surface area contributed by atoms with Crippen molar-refractivity contribution in [1.29, 1.82) is 0 Å². The lowest BCUT2D eigenvalue weighted by Gasteiger charge is -2.27. The lowest BCUT2D eigenvalue weighted by molar-refractivity contribution is 0.0937. The zero-order valence-electron chi connectivity index (χ0n) is 19.8. The molecule has 0 spiro atoms. The van der Waals surface area contributed by atoms with Crippen LogP contribution in [0.1, 0.15) is 42.8 Å². The van der Waals surface area contributed by atoms with Gasteiger partial charge in [-0.3, -0.25) is 4.79 Å². The predicted molar refractivity (Wildman–Crippen MR) is 131 cm³/mol. The Morgan fingerprint density at radius 2 is 2.00 bits per heavy atom. The van der Waals surface area contributed by atoms with Crippen LogP contribution in [0.25, 0.3) is 16.8 Å². The van der Waals surface area contributed by atoms with Crippen LogP contribution in [0.3, 0.4) is 0 Å². The van der Waals surface area contributed by atoms with Crippen molar-refractivity contribution in [3.8, 4) is 11.3 Å². The lowest BCUT2D eigenvalue weighted by atomic mass is 9.97. The summed E-state index contributed by atoms with van der Waals surface area (Å²) >= 11 is 6.58. The highest BCUT2D eigenvalue weighted by Crippen LogP contribution is 2.30. The number of hydrogen-bond acceptors (Lipinski definition) is 8. The van der Waals surface area contributed by atoms with E-state index in [9.17, 15) is 4.79 Å². The Morgan fingerprint density at radius 3 is 2.71 bits per heavy atom. The molecule has 5 rings (SSSR count). The second-order valence-electron chi connectivity index (χ2n) is 9.40. The lowest BCUT2D eigenvalue weighted by Crippen LogP contribution is -2.35. The first-order valence-electron chi connectivity index (χ1n) is 11.4. The summed E-state index contributed by atoms with van der Waals surface area (Å²) < 4.78 is 12.5. The quantitative estimate of drug-likeness (QED) is 0.448. The van der Waals surface area contributed by atoms with E-state index >= 15 is 0 Å². The number of morpholine rings is 1. The average Bonchev–Trinajstić information content (AvgIpc) is 3.51. The number of benzene rings is 1. The summed E-state index contributed by atoms with van der Waals surface area (Å²) in [6.07, 6.45) is 3.53. The van der Waals surface area contributed by atoms with Gasteiger partial charge in [-0.25, -0.2) is 9.50 Å². The number of carbonyl (C=O) groups is 1. The molecule has 0 saturated carbocycles. The molecule has 1 amide bonds. The van der Waals surface area contributed by atoms with Crippen LogP contribution in [0, 0.1) is 0 Å². The van der Waals surface area contributed by atoms with E-state index in [-0.39, 0.29) is 17.8 Å². The fourth-order valence-corrected chi connectivity index (χ4v) is 4.09. The zero-order chi connectivity index (χ0) is 24.6. The molecule has 0 aliphatic carbocycles. The van der Waals surface area contributed by atoms with Crippen molar-refractivity contribution in [2.24, 2.45) is 0 Å². The van der Waals surface area contributed by atoms with Gasteiger partial charge in [-0.15, -0.1) is 0 Å². The van der Waals surface area contributed by atoms with E-state index in [1.165, 1.54) is 6.33 Å². The molecular formula is C24H26ClN7O3.